The minimum absolute atomic E-state index is 0.0998. The maximum absolute atomic E-state index is 7.47. The molecule has 0 saturated carbocycles. The van der Waals surface area contributed by atoms with Gasteiger partial charge in [0.25, 0.3) is 0 Å². The minimum atomic E-state index is -0.479. The molecular formula is C41H35N5. The van der Waals surface area contributed by atoms with E-state index in [2.05, 4.69) is 144 Å². The molecule has 2 aliphatic rings. The lowest BCUT2D eigenvalue weighted by Gasteiger charge is -2.37. The molecule has 9 rings (SSSR count). The van der Waals surface area contributed by atoms with E-state index in [9.17, 15) is 0 Å². The number of nitrogens with zero attached hydrogens (tertiary/aromatic N) is 3. The Morgan fingerprint density at radius 1 is 0.696 bits per heavy atom. The summed E-state index contributed by atoms with van der Waals surface area (Å²) in [5.41, 5.74) is 19.4. The number of hydrogen-bond donors (Lipinski definition) is 2. The second-order valence-corrected chi connectivity index (χ2v) is 13.1. The molecule has 224 valence electrons. The third-order valence-electron chi connectivity index (χ3n) is 10.3. The topological polar surface area (TPSA) is 65.1 Å². The molecule has 7 aromatic rings. The molecule has 5 nitrogen and oxygen atoms in total. The van der Waals surface area contributed by atoms with E-state index in [1.54, 1.807) is 5.01 Å². The van der Waals surface area contributed by atoms with E-state index in [0.29, 0.717) is 0 Å². The second kappa shape index (κ2) is 9.82. The molecule has 0 fully saturated rings. The van der Waals surface area contributed by atoms with E-state index in [-0.39, 0.29) is 11.5 Å². The maximum Gasteiger partial charge on any atom is 0.108 e. The van der Waals surface area contributed by atoms with Gasteiger partial charge in [-0.25, -0.2) is 5.84 Å². The van der Waals surface area contributed by atoms with Crippen LogP contribution in [0.25, 0.3) is 55.1 Å². The zero-order valence-electron chi connectivity index (χ0n) is 25.9. The summed E-state index contributed by atoms with van der Waals surface area (Å²) in [5, 5.41) is 5.30. The number of nitrogens with two attached hydrogens (primary N) is 2. The van der Waals surface area contributed by atoms with E-state index in [1.807, 2.05) is 18.3 Å². The number of aromatic nitrogens is 2. The number of hydrazine groups is 1. The molecule has 0 amide bonds. The van der Waals surface area contributed by atoms with E-state index >= 15 is 0 Å². The van der Waals surface area contributed by atoms with E-state index in [1.165, 1.54) is 33.0 Å². The summed E-state index contributed by atoms with van der Waals surface area (Å²) < 4.78 is 4.56. The quantitative estimate of drug-likeness (QED) is 0.200. The van der Waals surface area contributed by atoms with Gasteiger partial charge in [0, 0.05) is 39.7 Å². The summed E-state index contributed by atoms with van der Waals surface area (Å²) in [6, 6.07) is 41.0. The number of benzene rings is 5. The van der Waals surface area contributed by atoms with Gasteiger partial charge in [0.1, 0.15) is 12.2 Å². The van der Waals surface area contributed by atoms with Gasteiger partial charge < -0.3 is 19.9 Å². The smallest absolute Gasteiger partial charge is 0.108 e. The molecule has 1 aliphatic carbocycles. The normalized spacial score (nSPS) is 17.4. The highest BCUT2D eigenvalue weighted by Crippen LogP contribution is 2.50. The molecule has 46 heavy (non-hydrogen) atoms. The molecular weight excluding hydrogens is 562 g/mol. The van der Waals surface area contributed by atoms with Crippen LogP contribution in [-0.2, 0) is 5.41 Å². The van der Waals surface area contributed by atoms with Crippen LogP contribution in [0.5, 0.6) is 0 Å². The third-order valence-corrected chi connectivity index (χ3v) is 10.3. The molecule has 1 aliphatic heterocycles. The van der Waals surface area contributed by atoms with Crippen molar-refractivity contribution >= 4 is 38.3 Å². The first kappa shape index (κ1) is 27.0. The maximum atomic E-state index is 7.47. The number of fused-ring (bicyclic) bond motifs is 8. The predicted octanol–water partition coefficient (Wildman–Crippen LogP) is 8.66. The summed E-state index contributed by atoms with van der Waals surface area (Å²) >= 11 is 0. The first-order valence-electron chi connectivity index (χ1n) is 15.9. The lowest BCUT2D eigenvalue weighted by molar-refractivity contribution is 0.263. The molecule has 0 radical (unpaired) electrons. The molecule has 0 bridgehead atoms. The highest BCUT2D eigenvalue weighted by molar-refractivity contribution is 6.17. The van der Waals surface area contributed by atoms with Crippen molar-refractivity contribution in [1.82, 2.24) is 14.1 Å². The number of hydrogen-bond acceptors (Lipinski definition) is 3. The zero-order chi connectivity index (χ0) is 31.2. The lowest BCUT2D eigenvalue weighted by atomic mass is 9.81. The van der Waals surface area contributed by atoms with E-state index < -0.39 is 6.17 Å². The first-order valence-corrected chi connectivity index (χ1v) is 15.9. The molecule has 4 N–H and O–H groups in total. The molecule has 2 aromatic heterocycles. The summed E-state index contributed by atoms with van der Waals surface area (Å²) in [6.07, 6.45) is 7.81. The molecule has 0 spiro atoms. The highest BCUT2D eigenvalue weighted by atomic mass is 15.4. The van der Waals surface area contributed by atoms with Crippen LogP contribution in [0.3, 0.4) is 0 Å². The summed E-state index contributed by atoms with van der Waals surface area (Å²) in [5.74, 6) is 6.84. The van der Waals surface area contributed by atoms with Gasteiger partial charge in [0.05, 0.1) is 16.6 Å². The standard InChI is InChI=1S/C41H35N5/c1-41(2)34-16-8-6-13-29(34)30-19-18-26(25-35(30)41)28-15-10-23-45(43)39(28)40(42)46-37-17-9-7-14-31(37)32-20-21-36-33(38(32)46)22-24-44(36)27-11-4-3-5-12-27/h3-25,39-40H,42-43H2,1-2H3/t39?,40-/m0/s1. The fraction of sp³-hybridized carbons (Fsp3) is 0.122. The summed E-state index contributed by atoms with van der Waals surface area (Å²) in [6.45, 7) is 4.64. The minimum Gasteiger partial charge on any atom is -0.321 e. The van der Waals surface area contributed by atoms with Crippen molar-refractivity contribution in [2.75, 3.05) is 0 Å². The van der Waals surface area contributed by atoms with Crippen molar-refractivity contribution in [3.05, 3.63) is 157 Å². The fourth-order valence-corrected chi connectivity index (χ4v) is 8.08. The number of rotatable bonds is 4. The number of para-hydroxylation sites is 2. The predicted molar refractivity (Wildman–Crippen MR) is 190 cm³/mol. The van der Waals surface area contributed by atoms with Crippen molar-refractivity contribution in [1.29, 1.82) is 0 Å². The highest BCUT2D eigenvalue weighted by Gasteiger charge is 2.37. The Morgan fingerprint density at radius 3 is 2.33 bits per heavy atom. The van der Waals surface area contributed by atoms with Gasteiger partial charge in [-0.1, -0.05) is 98.8 Å². The van der Waals surface area contributed by atoms with Crippen molar-refractivity contribution in [2.24, 2.45) is 11.6 Å². The van der Waals surface area contributed by atoms with E-state index in [0.717, 1.165) is 38.8 Å². The Labute approximate surface area is 268 Å². The third kappa shape index (κ3) is 3.70. The van der Waals surface area contributed by atoms with Crippen LogP contribution < -0.4 is 11.6 Å². The van der Waals surface area contributed by atoms with Gasteiger partial charge >= 0.3 is 0 Å². The number of allylic oxidation sites excluding steroid dienone is 2. The van der Waals surface area contributed by atoms with Crippen molar-refractivity contribution < 1.29 is 0 Å². The van der Waals surface area contributed by atoms with Crippen LogP contribution in [0.1, 0.15) is 36.7 Å². The van der Waals surface area contributed by atoms with Gasteiger partial charge in [-0.2, -0.15) is 0 Å². The van der Waals surface area contributed by atoms with Crippen molar-refractivity contribution in [3.8, 4) is 16.8 Å². The van der Waals surface area contributed by atoms with Gasteiger partial charge in [-0.3, -0.25) is 0 Å². The van der Waals surface area contributed by atoms with Crippen molar-refractivity contribution in [2.45, 2.75) is 31.5 Å². The van der Waals surface area contributed by atoms with Crippen molar-refractivity contribution in [3.63, 3.8) is 0 Å². The summed E-state index contributed by atoms with van der Waals surface area (Å²) in [7, 11) is 0. The lowest BCUT2D eigenvalue weighted by Crippen LogP contribution is -2.47. The van der Waals surface area contributed by atoms with Crippen LogP contribution in [0, 0.1) is 0 Å². The van der Waals surface area contributed by atoms with Gasteiger partial charge in [0.2, 0.25) is 0 Å². The van der Waals surface area contributed by atoms with Crippen LogP contribution >= 0.6 is 0 Å². The molecule has 5 heteroatoms. The average Bonchev–Trinajstić information content (AvgIpc) is 3.74. The first-order chi connectivity index (χ1) is 22.4. The molecule has 0 saturated heterocycles. The van der Waals surface area contributed by atoms with Crippen LogP contribution in [-0.4, -0.2) is 20.2 Å². The molecule has 3 heterocycles. The van der Waals surface area contributed by atoms with Gasteiger partial charge in [0.15, 0.2) is 0 Å². The Hall–Kier alpha value is -5.36. The Bertz CT molecular complexity index is 2390. The average molecular weight is 598 g/mol. The van der Waals surface area contributed by atoms with Crippen LogP contribution in [0.2, 0.25) is 0 Å². The molecule has 2 atom stereocenters. The van der Waals surface area contributed by atoms with E-state index in [4.69, 9.17) is 11.6 Å². The Kier molecular flexibility index (Phi) is 5.76. The summed E-state index contributed by atoms with van der Waals surface area (Å²) in [4.78, 5) is 0. The Balaban J connectivity index is 1.22. The van der Waals surface area contributed by atoms with Crippen LogP contribution in [0.15, 0.2) is 140 Å². The molecule has 1 unspecified atom stereocenters. The largest absolute Gasteiger partial charge is 0.321 e. The van der Waals surface area contributed by atoms with Gasteiger partial charge in [-0.05, 0) is 75.9 Å². The van der Waals surface area contributed by atoms with Crippen LogP contribution in [0.4, 0.5) is 0 Å². The monoisotopic (exact) mass is 597 g/mol. The Morgan fingerprint density at radius 2 is 1.46 bits per heavy atom. The molecule has 5 aromatic carbocycles. The second-order valence-electron chi connectivity index (χ2n) is 13.1. The van der Waals surface area contributed by atoms with Gasteiger partial charge in [-0.15, -0.1) is 0 Å². The zero-order valence-corrected chi connectivity index (χ0v) is 25.9. The SMILES string of the molecule is CC1(C)c2ccccc2-c2ccc(C3=CC=CN(N)C3[C@@H](N)n3c4ccccc4c4ccc5c(ccn5-c5ccccc5)c43)cc21. The fourth-order valence-electron chi connectivity index (χ4n) is 8.08.